The van der Waals surface area contributed by atoms with E-state index in [2.05, 4.69) is 19.7 Å². The second kappa shape index (κ2) is 15.1. The Balaban J connectivity index is 1.60. The summed E-state index contributed by atoms with van der Waals surface area (Å²) >= 11 is 6.25. The molecule has 3 heterocycles. The first-order valence-electron chi connectivity index (χ1n) is 15.8. The van der Waals surface area contributed by atoms with E-state index in [1.807, 2.05) is 40.8 Å². The lowest BCUT2D eigenvalue weighted by molar-refractivity contribution is 0.0508. The van der Waals surface area contributed by atoms with Crippen molar-refractivity contribution in [3.8, 4) is 0 Å². The molecule has 0 spiro atoms. The summed E-state index contributed by atoms with van der Waals surface area (Å²) in [5.41, 5.74) is 1.50. The zero-order chi connectivity index (χ0) is 36.3. The zero-order valence-electron chi connectivity index (χ0n) is 28.8. The number of benzene rings is 1. The van der Waals surface area contributed by atoms with Crippen molar-refractivity contribution in [2.45, 2.75) is 71.6 Å². The topological polar surface area (TPSA) is 184 Å². The highest BCUT2D eigenvalue weighted by molar-refractivity contribution is 7.92. The second-order valence-electron chi connectivity index (χ2n) is 13.3. The van der Waals surface area contributed by atoms with Crippen LogP contribution in [0.5, 0.6) is 0 Å². The highest BCUT2D eigenvalue weighted by atomic mass is 35.5. The van der Waals surface area contributed by atoms with Crippen molar-refractivity contribution in [1.82, 2.24) is 29.5 Å². The zero-order valence-corrected chi connectivity index (χ0v) is 31.2. The van der Waals surface area contributed by atoms with E-state index in [0.717, 1.165) is 30.3 Å². The molecule has 2 aromatic heterocycles. The fourth-order valence-electron chi connectivity index (χ4n) is 5.52. The Bertz CT molecular complexity index is 1910. The SMILES string of the molecule is Cc1cn2nc([C@H](C)N(CCCCNS(C)(=O)=O)C(=O)c3cc(Cl)ccc3NS(C)(=O)=O)cc2nc1N1CC[C@H](NC(=O)OC(C)(C)C)C1. The normalized spacial score (nSPS) is 16.1. The van der Waals surface area contributed by atoms with Crippen molar-refractivity contribution in [1.29, 1.82) is 0 Å². The molecule has 1 saturated heterocycles. The van der Waals surface area contributed by atoms with Gasteiger partial charge in [0, 0.05) is 49.0 Å². The average molecular weight is 741 g/mol. The Morgan fingerprint density at radius 2 is 1.84 bits per heavy atom. The lowest BCUT2D eigenvalue weighted by Gasteiger charge is -2.29. The third kappa shape index (κ3) is 10.9. The van der Waals surface area contributed by atoms with Crippen LogP contribution in [0.3, 0.4) is 0 Å². The van der Waals surface area contributed by atoms with Gasteiger partial charge in [0.05, 0.1) is 41.5 Å². The van der Waals surface area contributed by atoms with Gasteiger partial charge in [0.25, 0.3) is 5.91 Å². The first-order valence-corrected chi connectivity index (χ1v) is 20.0. The number of carbonyl (C=O) groups is 2. The summed E-state index contributed by atoms with van der Waals surface area (Å²) in [4.78, 5) is 35.0. The van der Waals surface area contributed by atoms with Crippen molar-refractivity contribution in [3.05, 3.63) is 52.3 Å². The number of rotatable bonds is 13. The molecule has 0 radical (unpaired) electrons. The molecule has 0 aliphatic carbocycles. The maximum atomic E-state index is 14.1. The van der Waals surface area contributed by atoms with Crippen LogP contribution in [0.4, 0.5) is 16.3 Å². The average Bonchev–Trinajstić information content (AvgIpc) is 3.59. The summed E-state index contributed by atoms with van der Waals surface area (Å²) in [5, 5.41) is 7.92. The number of anilines is 2. The van der Waals surface area contributed by atoms with Crippen molar-refractivity contribution >= 4 is 60.8 Å². The standard InChI is InChI=1S/C31H45ClN8O7S2/c1-20-18-40-27(35-28(20)38-15-12-23(19-38)34-30(42)47-31(3,4)5)17-26(36-40)21(2)39(14-9-8-13-33-48(6,43)44)29(41)24-16-22(32)10-11-25(24)37-49(7,45)46/h10-11,16-18,21,23,33,37H,8-9,12-15,19H2,1-7H3,(H,34,42)/t21-,23-/m0/s1. The molecule has 270 valence electrons. The first-order chi connectivity index (χ1) is 22.7. The third-order valence-corrected chi connectivity index (χ3v) is 9.24. The van der Waals surface area contributed by atoms with Gasteiger partial charge in [-0.2, -0.15) is 5.10 Å². The number of carbonyl (C=O) groups excluding carboxylic acids is 2. The Morgan fingerprint density at radius 1 is 1.12 bits per heavy atom. The lowest BCUT2D eigenvalue weighted by Crippen LogP contribution is -2.40. The summed E-state index contributed by atoms with van der Waals surface area (Å²) in [6, 6.07) is 5.42. The Kier molecular flexibility index (Phi) is 11.7. The van der Waals surface area contributed by atoms with Gasteiger partial charge in [0.15, 0.2) is 5.65 Å². The summed E-state index contributed by atoms with van der Waals surface area (Å²) in [6.07, 6.45) is 5.08. The van der Waals surface area contributed by atoms with E-state index in [1.165, 1.54) is 18.2 Å². The number of nitrogens with one attached hydrogen (secondary N) is 3. The lowest BCUT2D eigenvalue weighted by atomic mass is 10.1. The number of amides is 2. The quantitative estimate of drug-likeness (QED) is 0.219. The molecular weight excluding hydrogens is 696 g/mol. The molecule has 2 amide bonds. The molecule has 0 saturated carbocycles. The number of halogens is 1. The smallest absolute Gasteiger partial charge is 0.407 e. The maximum Gasteiger partial charge on any atom is 0.407 e. The van der Waals surface area contributed by atoms with Gasteiger partial charge < -0.3 is 19.9 Å². The number of ether oxygens (including phenoxy) is 1. The third-order valence-electron chi connectivity index (χ3n) is 7.69. The van der Waals surface area contributed by atoms with Gasteiger partial charge in [0.1, 0.15) is 11.4 Å². The van der Waals surface area contributed by atoms with Crippen molar-refractivity contribution < 1.29 is 31.2 Å². The van der Waals surface area contributed by atoms with E-state index in [1.54, 1.807) is 15.5 Å². The predicted molar refractivity (Wildman–Crippen MR) is 189 cm³/mol. The molecule has 1 fully saturated rings. The number of hydrogen-bond donors (Lipinski definition) is 3. The van der Waals surface area contributed by atoms with Crippen LogP contribution in [0.1, 0.15) is 74.6 Å². The molecular formula is C31H45ClN8O7S2. The molecule has 49 heavy (non-hydrogen) atoms. The summed E-state index contributed by atoms with van der Waals surface area (Å²) in [7, 11) is -7.09. The minimum atomic E-state index is -3.72. The molecule has 1 aliphatic rings. The van der Waals surface area contributed by atoms with Gasteiger partial charge in [-0.15, -0.1) is 0 Å². The van der Waals surface area contributed by atoms with Crippen LogP contribution < -0.4 is 19.7 Å². The molecule has 1 aromatic carbocycles. The van der Waals surface area contributed by atoms with Gasteiger partial charge >= 0.3 is 6.09 Å². The monoisotopic (exact) mass is 740 g/mol. The number of nitrogens with zero attached hydrogens (tertiary/aromatic N) is 5. The minimum absolute atomic E-state index is 0.0580. The van der Waals surface area contributed by atoms with E-state index in [9.17, 15) is 26.4 Å². The largest absolute Gasteiger partial charge is 0.444 e. The van der Waals surface area contributed by atoms with E-state index >= 15 is 0 Å². The van der Waals surface area contributed by atoms with E-state index in [4.69, 9.17) is 26.4 Å². The Hall–Kier alpha value is -3.67. The molecule has 15 nitrogen and oxygen atoms in total. The maximum absolute atomic E-state index is 14.1. The molecule has 1 aliphatic heterocycles. The summed E-state index contributed by atoms with van der Waals surface area (Å²) < 4.78 is 59.2. The van der Waals surface area contributed by atoms with Crippen LogP contribution in [0, 0.1) is 6.92 Å². The predicted octanol–water partition coefficient (Wildman–Crippen LogP) is 3.70. The van der Waals surface area contributed by atoms with Gasteiger partial charge in [-0.25, -0.2) is 35.9 Å². The molecule has 2 atom stereocenters. The van der Waals surface area contributed by atoms with Crippen LogP contribution in [0.25, 0.3) is 5.65 Å². The van der Waals surface area contributed by atoms with Crippen LogP contribution in [0.15, 0.2) is 30.5 Å². The number of aromatic nitrogens is 3. The van der Waals surface area contributed by atoms with Crippen LogP contribution >= 0.6 is 11.6 Å². The van der Waals surface area contributed by atoms with Crippen molar-refractivity contribution in [2.75, 3.05) is 48.3 Å². The molecule has 4 rings (SSSR count). The molecule has 0 bridgehead atoms. The van der Waals surface area contributed by atoms with Crippen LogP contribution in [-0.4, -0.2) is 98.7 Å². The minimum Gasteiger partial charge on any atom is -0.444 e. The number of alkyl carbamates (subject to hydrolysis) is 1. The van der Waals surface area contributed by atoms with Gasteiger partial charge in [-0.05, 0) is 72.1 Å². The number of hydrogen-bond acceptors (Lipinski definition) is 10. The van der Waals surface area contributed by atoms with E-state index in [0.29, 0.717) is 37.3 Å². The number of fused-ring (bicyclic) bond motifs is 1. The van der Waals surface area contributed by atoms with Crippen LogP contribution in [0.2, 0.25) is 5.02 Å². The van der Waals surface area contributed by atoms with E-state index in [-0.39, 0.29) is 35.4 Å². The molecule has 3 N–H and O–H groups in total. The van der Waals surface area contributed by atoms with E-state index < -0.39 is 43.7 Å². The van der Waals surface area contributed by atoms with Gasteiger partial charge in [0.2, 0.25) is 20.0 Å². The number of sulfonamides is 2. The second-order valence-corrected chi connectivity index (χ2v) is 17.3. The molecule has 18 heteroatoms. The first kappa shape index (κ1) is 38.1. The molecule has 0 unspecified atom stereocenters. The van der Waals surface area contributed by atoms with Crippen molar-refractivity contribution in [3.63, 3.8) is 0 Å². The van der Waals surface area contributed by atoms with Gasteiger partial charge in [-0.1, -0.05) is 11.6 Å². The highest BCUT2D eigenvalue weighted by Crippen LogP contribution is 2.30. The summed E-state index contributed by atoms with van der Waals surface area (Å²) in [5.74, 6) is 0.265. The fraction of sp³-hybridized carbons (Fsp3) is 0.548. The highest BCUT2D eigenvalue weighted by Gasteiger charge is 2.30. The van der Waals surface area contributed by atoms with Crippen molar-refractivity contribution in [2.24, 2.45) is 0 Å². The number of unbranched alkanes of at least 4 members (excludes halogenated alkanes) is 1. The summed E-state index contributed by atoms with van der Waals surface area (Å²) in [6.45, 7) is 10.8. The fourth-order valence-corrected chi connectivity index (χ4v) is 6.79. The number of aryl methyl sites for hydroxylation is 1. The Morgan fingerprint density at radius 3 is 2.49 bits per heavy atom. The van der Waals surface area contributed by atoms with Gasteiger partial charge in [-0.3, -0.25) is 9.52 Å². The van der Waals surface area contributed by atoms with Crippen LogP contribution in [-0.2, 0) is 24.8 Å². The Labute approximate surface area is 292 Å². The molecule has 3 aromatic rings.